The Labute approximate surface area is 355 Å². The molecule has 0 fully saturated rings. The highest BCUT2D eigenvalue weighted by Crippen LogP contribution is 2.47. The van der Waals surface area contributed by atoms with Crippen LogP contribution in [0.1, 0.15) is 84.6 Å². The Kier molecular flexibility index (Phi) is 8.44. The van der Waals surface area contributed by atoms with Crippen LogP contribution in [0.5, 0.6) is 0 Å². The molecule has 0 radical (unpaired) electrons. The van der Waals surface area contributed by atoms with E-state index < -0.39 is 0 Å². The SMILES string of the molecule is Cc1cc2c3c(c1)N(c1ccc(C(C)(C)C)cc1)c1ccc(C(C)(C)C)cc1B3c1cc(C(C)(C)C)ccc1N2c1ccc(-c2cccc3c2sc2ccccc23)cc1. The molecule has 3 heterocycles. The summed E-state index contributed by atoms with van der Waals surface area (Å²) in [4.78, 5) is 5.09. The van der Waals surface area contributed by atoms with Crippen LogP contribution in [0.3, 0.4) is 0 Å². The molecule has 0 N–H and O–H groups in total. The topological polar surface area (TPSA) is 6.48 Å². The van der Waals surface area contributed by atoms with Gasteiger partial charge in [-0.25, -0.2) is 0 Å². The number of rotatable bonds is 3. The monoisotopic (exact) mass is 784 g/mol. The van der Waals surface area contributed by atoms with Crippen molar-refractivity contribution in [3.63, 3.8) is 0 Å². The highest BCUT2D eigenvalue weighted by Gasteiger charge is 2.44. The first-order valence-electron chi connectivity index (χ1n) is 21.2. The summed E-state index contributed by atoms with van der Waals surface area (Å²) in [6.45, 7) is 23.2. The number of aryl methyl sites for hydroxylation is 1. The van der Waals surface area contributed by atoms with Crippen LogP contribution in [0.25, 0.3) is 31.3 Å². The molecule has 7 aromatic carbocycles. The van der Waals surface area contributed by atoms with Gasteiger partial charge in [-0.05, 0) is 128 Å². The van der Waals surface area contributed by atoms with Gasteiger partial charge < -0.3 is 9.80 Å². The Morgan fingerprint density at radius 1 is 0.458 bits per heavy atom. The maximum atomic E-state index is 2.55. The normalized spacial score (nSPS) is 13.8. The predicted octanol–water partition coefficient (Wildman–Crippen LogP) is 14.0. The Morgan fingerprint density at radius 3 is 1.49 bits per heavy atom. The Morgan fingerprint density at radius 2 is 0.949 bits per heavy atom. The van der Waals surface area contributed by atoms with Gasteiger partial charge in [-0.3, -0.25) is 0 Å². The van der Waals surface area contributed by atoms with E-state index in [4.69, 9.17) is 0 Å². The van der Waals surface area contributed by atoms with E-state index in [1.54, 1.807) is 0 Å². The molecule has 0 amide bonds. The third kappa shape index (κ3) is 6.13. The average Bonchev–Trinajstić information content (AvgIpc) is 3.58. The number of nitrogens with zero attached hydrogens (tertiary/aromatic N) is 2. The lowest BCUT2D eigenvalue weighted by atomic mass is 9.33. The summed E-state index contributed by atoms with van der Waals surface area (Å²) in [6.07, 6.45) is 0. The van der Waals surface area contributed by atoms with E-state index in [1.807, 2.05) is 11.3 Å². The molecule has 2 nitrogen and oxygen atoms in total. The lowest BCUT2D eigenvalue weighted by molar-refractivity contribution is 0.590. The molecule has 292 valence electrons. The van der Waals surface area contributed by atoms with Crippen molar-refractivity contribution in [2.24, 2.45) is 0 Å². The molecule has 0 saturated carbocycles. The van der Waals surface area contributed by atoms with Gasteiger partial charge >= 0.3 is 0 Å². The lowest BCUT2D eigenvalue weighted by Crippen LogP contribution is -2.61. The van der Waals surface area contributed by atoms with Gasteiger partial charge in [0.1, 0.15) is 0 Å². The van der Waals surface area contributed by atoms with E-state index in [1.165, 1.54) is 104 Å². The fraction of sp³-hybridized carbons (Fsp3) is 0.236. The number of benzene rings is 7. The van der Waals surface area contributed by atoms with Gasteiger partial charge in [0.25, 0.3) is 6.71 Å². The lowest BCUT2D eigenvalue weighted by Gasteiger charge is -2.45. The smallest absolute Gasteiger partial charge is 0.252 e. The van der Waals surface area contributed by atoms with E-state index in [9.17, 15) is 0 Å². The Balaban J connectivity index is 1.21. The van der Waals surface area contributed by atoms with Gasteiger partial charge in [0.2, 0.25) is 0 Å². The van der Waals surface area contributed by atoms with Crippen LogP contribution in [0, 0.1) is 6.92 Å². The van der Waals surface area contributed by atoms with Gasteiger partial charge in [0.05, 0.1) is 0 Å². The number of anilines is 6. The minimum Gasteiger partial charge on any atom is -0.311 e. The zero-order valence-electron chi connectivity index (χ0n) is 36.2. The minimum absolute atomic E-state index is 0.00288. The molecule has 0 saturated heterocycles. The third-order valence-electron chi connectivity index (χ3n) is 12.8. The van der Waals surface area contributed by atoms with Crippen LogP contribution >= 0.6 is 11.3 Å². The molecule has 59 heavy (non-hydrogen) atoms. The average molecular weight is 785 g/mol. The third-order valence-corrected chi connectivity index (χ3v) is 14.0. The van der Waals surface area contributed by atoms with Crippen molar-refractivity contribution >= 4 is 88.7 Å². The molecule has 0 atom stereocenters. The molecule has 2 aliphatic rings. The van der Waals surface area contributed by atoms with E-state index >= 15 is 0 Å². The first-order valence-corrected chi connectivity index (χ1v) is 22.0. The standard InChI is InChI=1S/C55H53BN2S/c1-34-30-48-51-49(31-34)58(40-26-20-36(21-27-40)53(2,3)4)47-29-23-38(55(8,9)10)33-45(47)56(51)44-32-37(54(5,6)7)22-28-46(44)57(48)39-24-18-35(19-25-39)41-15-13-16-43-42-14-11-12-17-50(42)59-52(41)43/h11-33H,1-10H3. The molecule has 2 aliphatic heterocycles. The van der Waals surface area contributed by atoms with Gasteiger partial charge in [0, 0.05) is 54.3 Å². The summed E-state index contributed by atoms with van der Waals surface area (Å²) < 4.78 is 2.68. The molecule has 0 unspecified atom stereocenters. The van der Waals surface area contributed by atoms with E-state index in [0.717, 1.165) is 0 Å². The molecule has 10 rings (SSSR count). The van der Waals surface area contributed by atoms with Gasteiger partial charge in [0.15, 0.2) is 0 Å². The molecule has 8 aromatic rings. The largest absolute Gasteiger partial charge is 0.311 e. The number of hydrogen-bond acceptors (Lipinski definition) is 3. The molecule has 1 aromatic heterocycles. The summed E-state index contributed by atoms with van der Waals surface area (Å²) >= 11 is 1.89. The second-order valence-electron chi connectivity index (χ2n) is 20.0. The van der Waals surface area contributed by atoms with Crippen LogP contribution in [0.15, 0.2) is 140 Å². The first kappa shape index (κ1) is 37.7. The molecule has 0 spiro atoms. The highest BCUT2D eigenvalue weighted by molar-refractivity contribution is 7.26. The zero-order chi connectivity index (χ0) is 41.2. The quantitative estimate of drug-likeness (QED) is 0.165. The Hall–Kier alpha value is -5.58. The fourth-order valence-corrected chi connectivity index (χ4v) is 10.7. The van der Waals surface area contributed by atoms with Crippen LogP contribution in [0.4, 0.5) is 34.1 Å². The second kappa shape index (κ2) is 13.2. The summed E-state index contributed by atoms with van der Waals surface area (Å²) in [5.41, 5.74) is 19.4. The number of hydrogen-bond donors (Lipinski definition) is 0. The van der Waals surface area contributed by atoms with Crippen molar-refractivity contribution in [3.8, 4) is 11.1 Å². The van der Waals surface area contributed by atoms with Crippen LogP contribution in [0.2, 0.25) is 0 Å². The predicted molar refractivity (Wildman–Crippen MR) is 260 cm³/mol. The van der Waals surface area contributed by atoms with Gasteiger partial charge in [-0.1, -0.05) is 147 Å². The van der Waals surface area contributed by atoms with Gasteiger partial charge in [-0.15, -0.1) is 11.3 Å². The van der Waals surface area contributed by atoms with E-state index in [0.29, 0.717) is 0 Å². The summed E-state index contributed by atoms with van der Waals surface area (Å²) in [5, 5.41) is 2.66. The zero-order valence-corrected chi connectivity index (χ0v) is 37.0. The minimum atomic E-state index is -0.00288. The molecular weight excluding hydrogens is 731 g/mol. The van der Waals surface area contributed by atoms with Crippen molar-refractivity contribution in [2.45, 2.75) is 85.5 Å². The highest BCUT2D eigenvalue weighted by atomic mass is 32.1. The van der Waals surface area contributed by atoms with Crippen LogP contribution < -0.4 is 26.2 Å². The van der Waals surface area contributed by atoms with E-state index in [2.05, 4.69) is 219 Å². The molecule has 4 heteroatoms. The van der Waals surface area contributed by atoms with Crippen LogP contribution in [-0.2, 0) is 16.2 Å². The van der Waals surface area contributed by atoms with Crippen molar-refractivity contribution in [2.75, 3.05) is 9.80 Å². The summed E-state index contributed by atoms with van der Waals surface area (Å²) in [5.74, 6) is 0. The number of fused-ring (bicyclic) bond motifs is 7. The summed E-state index contributed by atoms with van der Waals surface area (Å²) in [7, 11) is 0. The number of thiophene rings is 1. The van der Waals surface area contributed by atoms with Crippen molar-refractivity contribution in [1.82, 2.24) is 0 Å². The van der Waals surface area contributed by atoms with Crippen molar-refractivity contribution < 1.29 is 0 Å². The first-order chi connectivity index (χ1) is 28.1. The second-order valence-corrected chi connectivity index (χ2v) is 21.0. The maximum absolute atomic E-state index is 2.55. The van der Waals surface area contributed by atoms with Crippen molar-refractivity contribution in [1.29, 1.82) is 0 Å². The fourth-order valence-electron chi connectivity index (χ4n) is 9.51. The molecule has 0 bridgehead atoms. The van der Waals surface area contributed by atoms with Crippen molar-refractivity contribution in [3.05, 3.63) is 162 Å². The van der Waals surface area contributed by atoms with Gasteiger partial charge in [-0.2, -0.15) is 0 Å². The maximum Gasteiger partial charge on any atom is 0.252 e. The summed E-state index contributed by atoms with van der Waals surface area (Å²) in [6, 6.07) is 53.6. The molecule has 0 aliphatic carbocycles. The van der Waals surface area contributed by atoms with E-state index in [-0.39, 0.29) is 23.0 Å². The Bertz CT molecular complexity index is 2950. The molecular formula is C55H53BN2S. The van der Waals surface area contributed by atoms with Crippen LogP contribution in [-0.4, -0.2) is 6.71 Å².